The Kier molecular flexibility index (Phi) is 8.87. The number of nitrogens with one attached hydrogen (secondary N) is 3. The molecule has 0 radical (unpaired) electrons. The molecule has 10 nitrogen and oxygen atoms in total. The summed E-state index contributed by atoms with van der Waals surface area (Å²) < 4.78 is 10.9. The van der Waals surface area contributed by atoms with Crippen LogP contribution < -0.4 is 16.0 Å². The summed E-state index contributed by atoms with van der Waals surface area (Å²) in [4.78, 5) is 26.5. The lowest BCUT2D eigenvalue weighted by atomic mass is 9.97. The number of carbonyl (C=O) groups is 2. The zero-order valence-corrected chi connectivity index (χ0v) is 17.7. The van der Waals surface area contributed by atoms with Gasteiger partial charge >= 0.3 is 6.03 Å². The van der Waals surface area contributed by atoms with Gasteiger partial charge in [-0.3, -0.25) is 4.79 Å². The van der Waals surface area contributed by atoms with Gasteiger partial charge in [0.1, 0.15) is 17.5 Å². The first-order valence-electron chi connectivity index (χ1n) is 9.98. The van der Waals surface area contributed by atoms with Crippen LogP contribution in [0.25, 0.3) is 0 Å². The third-order valence-electron chi connectivity index (χ3n) is 4.90. The molecule has 0 saturated carbocycles. The maximum atomic E-state index is 12.3. The number of carbonyl (C=O) groups excluding carboxylic acids is 2. The van der Waals surface area contributed by atoms with Crippen molar-refractivity contribution >= 4 is 17.6 Å². The number of aromatic nitrogens is 1. The Hall–Kier alpha value is -2.17. The zero-order valence-electron chi connectivity index (χ0n) is 17.7. The Balaban J connectivity index is 1.77. The number of anilines is 1. The molecule has 2 rings (SSSR count). The highest BCUT2D eigenvalue weighted by Crippen LogP contribution is 2.23. The fraction of sp³-hybridized carbons (Fsp3) is 0.737. The molecule has 1 saturated heterocycles. The number of hydrogen-bond donors (Lipinski definition) is 4. The standard InChI is InChI=1S/C19H33N5O5/c1-12-18(13(2)29-23-12)22-19(27)21-15-7-6-14(28-16(15)11-25)10-17(26)20-8-5-9-24(3)4/h14-16,25H,5-11H2,1-4H3,(H,20,26)(H2,21,22,27)/t14-,15+,16-/m0/s1. The lowest BCUT2D eigenvalue weighted by Gasteiger charge is -2.35. The van der Waals surface area contributed by atoms with Crippen molar-refractivity contribution < 1.29 is 24.0 Å². The fourth-order valence-electron chi connectivity index (χ4n) is 3.33. The summed E-state index contributed by atoms with van der Waals surface area (Å²) in [6, 6.07) is -0.761. The van der Waals surface area contributed by atoms with Gasteiger partial charge in [-0.2, -0.15) is 0 Å². The van der Waals surface area contributed by atoms with E-state index in [1.807, 2.05) is 14.1 Å². The first-order valence-corrected chi connectivity index (χ1v) is 9.98. The lowest BCUT2D eigenvalue weighted by Crippen LogP contribution is -2.52. The van der Waals surface area contributed by atoms with Gasteiger partial charge < -0.3 is 35.2 Å². The summed E-state index contributed by atoms with van der Waals surface area (Å²) in [6.45, 7) is 4.75. The van der Waals surface area contributed by atoms with E-state index in [0.717, 1.165) is 13.0 Å². The molecular weight excluding hydrogens is 378 g/mol. The molecule has 1 fully saturated rings. The lowest BCUT2D eigenvalue weighted by molar-refractivity contribution is -0.130. The van der Waals surface area contributed by atoms with Crippen molar-refractivity contribution in [3.63, 3.8) is 0 Å². The summed E-state index contributed by atoms with van der Waals surface area (Å²) in [5.41, 5.74) is 1.12. The molecule has 0 spiro atoms. The number of aliphatic hydroxyl groups is 1. The maximum absolute atomic E-state index is 12.3. The third-order valence-corrected chi connectivity index (χ3v) is 4.90. The van der Waals surface area contributed by atoms with E-state index >= 15 is 0 Å². The van der Waals surface area contributed by atoms with E-state index < -0.39 is 12.1 Å². The van der Waals surface area contributed by atoms with Gasteiger partial charge in [0, 0.05) is 6.54 Å². The van der Waals surface area contributed by atoms with Gasteiger partial charge in [0.25, 0.3) is 0 Å². The fourth-order valence-corrected chi connectivity index (χ4v) is 3.33. The predicted molar refractivity (Wildman–Crippen MR) is 108 cm³/mol. The number of aliphatic hydroxyl groups excluding tert-OH is 1. The van der Waals surface area contributed by atoms with Crippen molar-refractivity contribution in [2.75, 3.05) is 39.1 Å². The van der Waals surface area contributed by atoms with Crippen LogP contribution >= 0.6 is 0 Å². The van der Waals surface area contributed by atoms with Crippen LogP contribution in [0.3, 0.4) is 0 Å². The molecule has 3 atom stereocenters. The Labute approximate surface area is 171 Å². The molecule has 10 heteroatoms. The van der Waals surface area contributed by atoms with Gasteiger partial charge in [0.15, 0.2) is 5.76 Å². The second-order valence-electron chi connectivity index (χ2n) is 7.67. The molecule has 3 amide bonds. The number of aryl methyl sites for hydroxylation is 2. The number of rotatable bonds is 9. The Morgan fingerprint density at radius 2 is 2.03 bits per heavy atom. The molecule has 1 aliphatic heterocycles. The van der Waals surface area contributed by atoms with Crippen molar-refractivity contribution in [3.05, 3.63) is 11.5 Å². The first-order chi connectivity index (χ1) is 13.8. The zero-order chi connectivity index (χ0) is 21.4. The molecule has 0 aromatic carbocycles. The molecule has 1 aromatic heterocycles. The summed E-state index contributed by atoms with van der Waals surface area (Å²) >= 11 is 0. The Morgan fingerprint density at radius 3 is 2.66 bits per heavy atom. The van der Waals surface area contributed by atoms with Crippen molar-refractivity contribution in [1.82, 2.24) is 20.7 Å². The Bertz CT molecular complexity index is 658. The molecular formula is C19H33N5O5. The maximum Gasteiger partial charge on any atom is 0.319 e. The molecule has 164 valence electrons. The summed E-state index contributed by atoms with van der Waals surface area (Å²) in [5, 5.41) is 21.9. The van der Waals surface area contributed by atoms with Gasteiger partial charge in [-0.05, 0) is 53.8 Å². The van der Waals surface area contributed by atoms with Crippen molar-refractivity contribution in [2.24, 2.45) is 0 Å². The second kappa shape index (κ2) is 11.1. The number of urea groups is 1. The average molecular weight is 412 g/mol. The average Bonchev–Trinajstić information content (AvgIpc) is 2.98. The quantitative estimate of drug-likeness (QED) is 0.442. The largest absolute Gasteiger partial charge is 0.394 e. The highest BCUT2D eigenvalue weighted by molar-refractivity contribution is 5.90. The van der Waals surface area contributed by atoms with Gasteiger partial charge in [-0.1, -0.05) is 5.16 Å². The van der Waals surface area contributed by atoms with Gasteiger partial charge in [0.2, 0.25) is 5.91 Å². The van der Waals surface area contributed by atoms with E-state index in [9.17, 15) is 14.7 Å². The molecule has 4 N–H and O–H groups in total. The van der Waals surface area contributed by atoms with E-state index in [0.29, 0.717) is 36.5 Å². The molecule has 2 heterocycles. The van der Waals surface area contributed by atoms with E-state index in [2.05, 4.69) is 26.0 Å². The molecule has 1 aromatic rings. The smallest absolute Gasteiger partial charge is 0.319 e. The molecule has 0 unspecified atom stereocenters. The van der Waals surface area contributed by atoms with E-state index in [1.165, 1.54) is 0 Å². The van der Waals surface area contributed by atoms with Crippen molar-refractivity contribution in [1.29, 1.82) is 0 Å². The molecule has 0 bridgehead atoms. The predicted octanol–water partition coefficient (Wildman–Crippen LogP) is 0.779. The summed E-state index contributed by atoms with van der Waals surface area (Å²) in [7, 11) is 3.98. The number of amides is 3. The van der Waals surface area contributed by atoms with Crippen LogP contribution in [0, 0.1) is 13.8 Å². The minimum absolute atomic E-state index is 0.0620. The van der Waals surface area contributed by atoms with Crippen molar-refractivity contribution in [3.8, 4) is 0 Å². The molecule has 1 aliphatic rings. The van der Waals surface area contributed by atoms with Crippen LogP contribution in [0.15, 0.2) is 4.52 Å². The van der Waals surface area contributed by atoms with Crippen LogP contribution in [-0.4, -0.2) is 79.1 Å². The highest BCUT2D eigenvalue weighted by Gasteiger charge is 2.33. The second-order valence-corrected chi connectivity index (χ2v) is 7.67. The minimum atomic E-state index is -0.564. The van der Waals surface area contributed by atoms with Crippen LogP contribution in [0.1, 0.15) is 37.1 Å². The minimum Gasteiger partial charge on any atom is -0.394 e. The molecule has 29 heavy (non-hydrogen) atoms. The highest BCUT2D eigenvalue weighted by atomic mass is 16.5. The van der Waals surface area contributed by atoms with Crippen LogP contribution in [0.5, 0.6) is 0 Å². The van der Waals surface area contributed by atoms with Gasteiger partial charge in [-0.15, -0.1) is 0 Å². The molecule has 0 aliphatic carbocycles. The van der Waals surface area contributed by atoms with Crippen LogP contribution in [-0.2, 0) is 9.53 Å². The van der Waals surface area contributed by atoms with Crippen LogP contribution in [0.4, 0.5) is 10.5 Å². The monoisotopic (exact) mass is 411 g/mol. The summed E-state index contributed by atoms with van der Waals surface area (Å²) in [5.74, 6) is 0.459. The van der Waals surface area contributed by atoms with E-state index in [4.69, 9.17) is 9.26 Å². The third kappa shape index (κ3) is 7.30. The normalized spacial score (nSPS) is 21.8. The van der Waals surface area contributed by atoms with Crippen LogP contribution in [0.2, 0.25) is 0 Å². The summed E-state index contributed by atoms with van der Waals surface area (Å²) in [6.07, 6.45) is 1.53. The van der Waals surface area contributed by atoms with E-state index in [-0.39, 0.29) is 31.1 Å². The van der Waals surface area contributed by atoms with Gasteiger partial charge in [0.05, 0.1) is 25.2 Å². The number of ether oxygens (including phenoxy) is 1. The number of hydrogen-bond acceptors (Lipinski definition) is 7. The van der Waals surface area contributed by atoms with Crippen molar-refractivity contribution in [2.45, 2.75) is 57.8 Å². The first kappa shape index (κ1) is 23.1. The van der Waals surface area contributed by atoms with E-state index in [1.54, 1.807) is 13.8 Å². The Morgan fingerprint density at radius 1 is 1.28 bits per heavy atom. The topological polar surface area (TPSA) is 129 Å². The number of nitrogens with zero attached hydrogens (tertiary/aromatic N) is 2. The van der Waals surface area contributed by atoms with Gasteiger partial charge in [-0.25, -0.2) is 4.79 Å². The SMILES string of the molecule is Cc1noc(C)c1NC(=O)N[C@@H]1CC[C@@H](CC(=O)NCCCN(C)C)O[C@H]1CO.